The summed E-state index contributed by atoms with van der Waals surface area (Å²) < 4.78 is 0. The van der Waals surface area contributed by atoms with E-state index in [0.29, 0.717) is 5.92 Å². The lowest BCUT2D eigenvalue weighted by atomic mass is 9.92. The molecule has 3 nitrogen and oxygen atoms in total. The number of rotatable bonds is 3. The number of fused-ring (bicyclic) bond motifs is 1. The Kier molecular flexibility index (Phi) is 3.32. The molecular weight excluding hydrogens is 226 g/mol. The van der Waals surface area contributed by atoms with Crippen molar-refractivity contribution in [2.24, 2.45) is 0 Å². The highest BCUT2D eigenvalue weighted by Gasteiger charge is 2.12. The molecule has 0 amide bonds. The molecule has 0 aromatic heterocycles. The molecule has 0 fully saturated rings. The van der Waals surface area contributed by atoms with Crippen LogP contribution < -0.4 is 0 Å². The number of benzene rings is 2. The first-order valence-electron chi connectivity index (χ1n) is 6.13. The maximum absolute atomic E-state index is 10.7. The number of hydrogen-bond acceptors (Lipinski definition) is 2. The summed E-state index contributed by atoms with van der Waals surface area (Å²) in [5, 5.41) is 12.8. The van der Waals surface area contributed by atoms with E-state index in [-0.39, 0.29) is 11.5 Å². The fourth-order valence-corrected chi connectivity index (χ4v) is 2.33. The van der Waals surface area contributed by atoms with Gasteiger partial charge in [-0.3, -0.25) is 10.1 Å². The Balaban J connectivity index is 2.71. The zero-order chi connectivity index (χ0) is 13.3. The molecule has 0 aliphatic heterocycles. The van der Waals surface area contributed by atoms with Crippen LogP contribution >= 0.6 is 0 Å². The summed E-state index contributed by atoms with van der Waals surface area (Å²) >= 11 is 0. The summed E-state index contributed by atoms with van der Waals surface area (Å²) in [6.45, 7) is 6.22. The number of nitrogens with zero attached hydrogens (tertiary/aromatic N) is 1. The minimum absolute atomic E-state index is 0.113. The van der Waals surface area contributed by atoms with E-state index in [1.807, 2.05) is 31.2 Å². The minimum atomic E-state index is -0.274. The molecule has 94 valence electrons. The molecule has 0 heterocycles. The van der Waals surface area contributed by atoms with Crippen molar-refractivity contribution in [1.82, 2.24) is 0 Å². The third-order valence-electron chi connectivity index (χ3n) is 3.22. The van der Waals surface area contributed by atoms with Crippen LogP contribution in [0.15, 0.2) is 30.3 Å². The van der Waals surface area contributed by atoms with E-state index in [0.717, 1.165) is 16.3 Å². The lowest BCUT2D eigenvalue weighted by Gasteiger charge is -2.13. The van der Waals surface area contributed by atoms with Gasteiger partial charge in [0.05, 0.1) is 0 Å². The molecule has 3 heteroatoms. The van der Waals surface area contributed by atoms with Crippen LogP contribution in [0.4, 0.5) is 0 Å². The molecular formula is C15H17NO2. The third-order valence-corrected chi connectivity index (χ3v) is 3.22. The predicted octanol–water partition coefficient (Wildman–Crippen LogP) is 4.05. The summed E-state index contributed by atoms with van der Waals surface area (Å²) in [4.78, 5) is 10.4. The Labute approximate surface area is 107 Å². The van der Waals surface area contributed by atoms with Crippen molar-refractivity contribution in [3.05, 3.63) is 57.1 Å². The second kappa shape index (κ2) is 4.77. The van der Waals surface area contributed by atoms with Crippen LogP contribution in [0.25, 0.3) is 10.8 Å². The van der Waals surface area contributed by atoms with Gasteiger partial charge in [-0.05, 0) is 29.2 Å². The first-order chi connectivity index (χ1) is 8.49. The van der Waals surface area contributed by atoms with Gasteiger partial charge in [-0.15, -0.1) is 0 Å². The fourth-order valence-electron chi connectivity index (χ4n) is 2.33. The fraction of sp³-hybridized carbons (Fsp3) is 0.333. The number of aryl methyl sites for hydroxylation is 1. The van der Waals surface area contributed by atoms with Crippen LogP contribution in [0.5, 0.6) is 0 Å². The smallest absolute Gasteiger partial charge is 0.229 e. The number of nitro groups is 1. The maximum atomic E-state index is 10.7. The molecule has 2 aromatic rings. The summed E-state index contributed by atoms with van der Waals surface area (Å²) in [6, 6.07) is 10.0. The van der Waals surface area contributed by atoms with Gasteiger partial charge in [-0.1, -0.05) is 49.7 Å². The van der Waals surface area contributed by atoms with Gasteiger partial charge >= 0.3 is 0 Å². The molecule has 0 spiro atoms. The summed E-state index contributed by atoms with van der Waals surface area (Å²) in [5.41, 5.74) is 3.22. The molecule has 0 aliphatic carbocycles. The Morgan fingerprint density at radius 3 is 2.50 bits per heavy atom. The van der Waals surface area contributed by atoms with Gasteiger partial charge in [0.15, 0.2) is 0 Å². The molecule has 0 saturated carbocycles. The Morgan fingerprint density at radius 1 is 1.17 bits per heavy atom. The highest BCUT2D eigenvalue weighted by Crippen LogP contribution is 2.29. The van der Waals surface area contributed by atoms with E-state index in [2.05, 4.69) is 19.9 Å². The second-order valence-corrected chi connectivity index (χ2v) is 5.01. The van der Waals surface area contributed by atoms with Crippen molar-refractivity contribution in [1.29, 1.82) is 0 Å². The standard InChI is InChI=1S/C15H17NO2/c1-10(2)13-7-5-12(9-16(17)18)14-6-4-11(3)8-15(13)14/h4-8,10H,9H2,1-3H3. The third kappa shape index (κ3) is 2.35. The summed E-state index contributed by atoms with van der Waals surface area (Å²) in [5.74, 6) is 0.416. The average molecular weight is 243 g/mol. The van der Waals surface area contributed by atoms with E-state index in [4.69, 9.17) is 0 Å². The lowest BCUT2D eigenvalue weighted by Crippen LogP contribution is -2.01. The molecule has 0 N–H and O–H groups in total. The van der Waals surface area contributed by atoms with E-state index in [1.165, 1.54) is 11.1 Å². The molecule has 0 saturated heterocycles. The predicted molar refractivity (Wildman–Crippen MR) is 73.5 cm³/mol. The van der Waals surface area contributed by atoms with Crippen LogP contribution in [-0.4, -0.2) is 4.92 Å². The average Bonchev–Trinajstić information content (AvgIpc) is 2.27. The molecule has 0 aliphatic rings. The zero-order valence-corrected chi connectivity index (χ0v) is 10.9. The van der Waals surface area contributed by atoms with E-state index >= 15 is 0 Å². The van der Waals surface area contributed by atoms with Gasteiger partial charge in [-0.2, -0.15) is 0 Å². The van der Waals surface area contributed by atoms with Gasteiger partial charge in [0.2, 0.25) is 6.54 Å². The van der Waals surface area contributed by atoms with Crippen LogP contribution in [-0.2, 0) is 6.54 Å². The van der Waals surface area contributed by atoms with Gasteiger partial charge in [0.25, 0.3) is 0 Å². The Bertz CT molecular complexity index is 603. The molecule has 2 aromatic carbocycles. The summed E-state index contributed by atoms with van der Waals surface area (Å²) in [6.07, 6.45) is 0. The zero-order valence-electron chi connectivity index (χ0n) is 10.9. The normalized spacial score (nSPS) is 11.1. The van der Waals surface area contributed by atoms with E-state index in [9.17, 15) is 10.1 Å². The topological polar surface area (TPSA) is 43.1 Å². The highest BCUT2D eigenvalue weighted by atomic mass is 16.6. The van der Waals surface area contributed by atoms with Crippen molar-refractivity contribution < 1.29 is 4.92 Å². The van der Waals surface area contributed by atoms with Gasteiger partial charge in [0.1, 0.15) is 0 Å². The number of hydrogen-bond donors (Lipinski definition) is 0. The van der Waals surface area contributed by atoms with Gasteiger partial charge < -0.3 is 0 Å². The van der Waals surface area contributed by atoms with Crippen molar-refractivity contribution in [3.8, 4) is 0 Å². The second-order valence-electron chi connectivity index (χ2n) is 5.01. The Hall–Kier alpha value is -1.90. The van der Waals surface area contributed by atoms with Crippen molar-refractivity contribution in [2.45, 2.75) is 33.2 Å². The first kappa shape index (κ1) is 12.6. The monoisotopic (exact) mass is 243 g/mol. The lowest BCUT2D eigenvalue weighted by molar-refractivity contribution is -0.496. The van der Waals surface area contributed by atoms with Crippen LogP contribution in [0.2, 0.25) is 0 Å². The molecule has 18 heavy (non-hydrogen) atoms. The molecule has 0 bridgehead atoms. The molecule has 0 unspecified atom stereocenters. The SMILES string of the molecule is Cc1ccc2c(C[N+](=O)[O-])ccc(C(C)C)c2c1. The quantitative estimate of drug-likeness (QED) is 0.603. The molecule has 0 atom stereocenters. The largest absolute Gasteiger partial charge is 0.264 e. The van der Waals surface area contributed by atoms with E-state index in [1.54, 1.807) is 0 Å². The highest BCUT2D eigenvalue weighted by molar-refractivity contribution is 5.89. The van der Waals surface area contributed by atoms with Gasteiger partial charge in [0, 0.05) is 10.5 Å². The summed E-state index contributed by atoms with van der Waals surface area (Å²) in [7, 11) is 0. The van der Waals surface area contributed by atoms with Crippen LogP contribution in [0, 0.1) is 17.0 Å². The van der Waals surface area contributed by atoms with Crippen LogP contribution in [0.3, 0.4) is 0 Å². The van der Waals surface area contributed by atoms with Crippen LogP contribution in [0.1, 0.15) is 36.5 Å². The van der Waals surface area contributed by atoms with Gasteiger partial charge in [-0.25, -0.2) is 0 Å². The van der Waals surface area contributed by atoms with Crippen molar-refractivity contribution in [3.63, 3.8) is 0 Å². The molecule has 0 radical (unpaired) electrons. The van der Waals surface area contributed by atoms with Crippen molar-refractivity contribution in [2.75, 3.05) is 0 Å². The van der Waals surface area contributed by atoms with Crippen molar-refractivity contribution >= 4 is 10.8 Å². The van der Waals surface area contributed by atoms with E-state index < -0.39 is 0 Å². The molecule has 2 rings (SSSR count). The maximum Gasteiger partial charge on any atom is 0.229 e. The minimum Gasteiger partial charge on any atom is -0.264 e. The Morgan fingerprint density at radius 2 is 1.89 bits per heavy atom. The first-order valence-corrected chi connectivity index (χ1v) is 6.13.